The molecule has 0 saturated carbocycles. The van der Waals surface area contributed by atoms with Crippen molar-refractivity contribution in [3.63, 3.8) is 0 Å². The molecule has 2 rings (SSSR count). The minimum atomic E-state index is -0.755. The van der Waals surface area contributed by atoms with Crippen LogP contribution < -0.4 is 5.56 Å². The van der Waals surface area contributed by atoms with Crippen molar-refractivity contribution in [1.29, 1.82) is 0 Å². The van der Waals surface area contributed by atoms with Crippen molar-refractivity contribution in [1.82, 2.24) is 14.6 Å². The molecule has 2 aromatic heterocycles. The van der Waals surface area contributed by atoms with Gasteiger partial charge in [-0.2, -0.15) is 9.37 Å². The number of fused-ring (bicyclic) bond motifs is 1. The van der Waals surface area contributed by atoms with Crippen molar-refractivity contribution in [3.05, 3.63) is 34.6 Å². The van der Waals surface area contributed by atoms with Gasteiger partial charge in [-0.15, -0.1) is 0 Å². The molecule has 0 aromatic carbocycles. The van der Waals surface area contributed by atoms with Gasteiger partial charge in [0.25, 0.3) is 5.56 Å². The van der Waals surface area contributed by atoms with Crippen LogP contribution in [0.15, 0.2) is 23.1 Å². The van der Waals surface area contributed by atoms with E-state index in [1.807, 2.05) is 0 Å². The Morgan fingerprint density at radius 2 is 2.45 bits per heavy atom. The lowest BCUT2D eigenvalue weighted by Crippen LogP contribution is -2.14. The predicted molar refractivity (Wildman–Crippen MR) is 35.8 cm³/mol. The maximum atomic E-state index is 12.4. The van der Waals surface area contributed by atoms with Crippen molar-refractivity contribution in [2.45, 2.75) is 0 Å². The van der Waals surface area contributed by atoms with Crippen LogP contribution in [-0.4, -0.2) is 14.6 Å². The number of aromatic nitrogens is 3. The highest BCUT2D eigenvalue weighted by Gasteiger charge is 1.99. The third kappa shape index (κ3) is 0.813. The van der Waals surface area contributed by atoms with E-state index in [-0.39, 0.29) is 5.65 Å². The second-order valence-corrected chi connectivity index (χ2v) is 2.07. The van der Waals surface area contributed by atoms with Gasteiger partial charge in [0, 0.05) is 12.3 Å². The summed E-state index contributed by atoms with van der Waals surface area (Å²) in [6.45, 7) is 0. The highest BCUT2D eigenvalue weighted by atomic mass is 19.1. The van der Waals surface area contributed by atoms with Gasteiger partial charge in [-0.05, 0) is 0 Å². The molecule has 0 spiro atoms. The van der Waals surface area contributed by atoms with Crippen molar-refractivity contribution >= 4 is 5.65 Å². The topological polar surface area (TPSA) is 50.2 Å². The van der Waals surface area contributed by atoms with E-state index in [2.05, 4.69) is 10.1 Å². The summed E-state index contributed by atoms with van der Waals surface area (Å²) in [5, 5.41) is 2.59. The zero-order valence-electron chi connectivity index (χ0n) is 5.41. The number of aromatic amines is 1. The first-order valence-corrected chi connectivity index (χ1v) is 3.00. The average molecular weight is 153 g/mol. The van der Waals surface area contributed by atoms with Crippen LogP contribution in [0.1, 0.15) is 0 Å². The van der Waals surface area contributed by atoms with Crippen LogP contribution in [0.5, 0.6) is 0 Å². The van der Waals surface area contributed by atoms with Gasteiger partial charge in [0.2, 0.25) is 5.95 Å². The molecule has 0 amide bonds. The zero-order chi connectivity index (χ0) is 7.84. The quantitative estimate of drug-likeness (QED) is 0.548. The molecule has 5 heteroatoms. The van der Waals surface area contributed by atoms with E-state index in [9.17, 15) is 9.18 Å². The van der Waals surface area contributed by atoms with Crippen LogP contribution in [0, 0.1) is 5.95 Å². The minimum absolute atomic E-state index is 0.287. The Hall–Kier alpha value is -1.65. The number of nitrogens with one attached hydrogen (secondary N) is 1. The Labute approximate surface area is 60.3 Å². The fraction of sp³-hybridized carbons (Fsp3) is 0. The smallest absolute Gasteiger partial charge is 0.275 e. The Morgan fingerprint density at radius 3 is 3.27 bits per heavy atom. The van der Waals surface area contributed by atoms with Crippen molar-refractivity contribution in [3.8, 4) is 0 Å². The summed E-state index contributed by atoms with van der Waals surface area (Å²) < 4.78 is 13.6. The fourth-order valence-corrected chi connectivity index (χ4v) is 0.899. The normalized spacial score (nSPS) is 10.6. The number of H-pyrrole nitrogens is 1. The van der Waals surface area contributed by atoms with Crippen molar-refractivity contribution in [2.24, 2.45) is 0 Å². The Morgan fingerprint density at radius 1 is 1.64 bits per heavy atom. The van der Waals surface area contributed by atoms with Crippen LogP contribution in [0.4, 0.5) is 4.39 Å². The largest absolute Gasteiger partial charge is 0.297 e. The summed E-state index contributed by atoms with van der Waals surface area (Å²) in [6, 6.07) is 2.34. The van der Waals surface area contributed by atoms with Crippen LogP contribution >= 0.6 is 0 Å². The minimum Gasteiger partial charge on any atom is -0.297 e. The molecule has 1 N–H and O–H groups in total. The second kappa shape index (κ2) is 1.91. The molecule has 2 heterocycles. The van der Waals surface area contributed by atoms with Crippen LogP contribution in [-0.2, 0) is 0 Å². The van der Waals surface area contributed by atoms with Gasteiger partial charge in [-0.25, -0.2) is 4.52 Å². The maximum Gasteiger partial charge on any atom is 0.275 e. The number of rotatable bonds is 0. The van der Waals surface area contributed by atoms with E-state index in [1.165, 1.54) is 12.3 Å². The lowest BCUT2D eigenvalue weighted by atomic mass is 10.6. The van der Waals surface area contributed by atoms with E-state index >= 15 is 0 Å². The number of halogens is 1. The molecule has 0 fully saturated rings. The lowest BCUT2D eigenvalue weighted by molar-refractivity contribution is 0.579. The Bertz CT molecular complexity index is 444. The molecule has 0 saturated heterocycles. The van der Waals surface area contributed by atoms with E-state index in [1.54, 1.807) is 0 Å². The van der Waals surface area contributed by atoms with Gasteiger partial charge in [-0.1, -0.05) is 0 Å². The zero-order valence-corrected chi connectivity index (χ0v) is 5.41. The monoisotopic (exact) mass is 153 g/mol. The fourth-order valence-electron chi connectivity index (χ4n) is 0.899. The lowest BCUT2D eigenvalue weighted by Gasteiger charge is -1.89. The molecule has 0 atom stereocenters. The molecule has 0 unspecified atom stereocenters. The first-order valence-electron chi connectivity index (χ1n) is 3.00. The number of nitrogens with zero attached hydrogens (tertiary/aromatic N) is 2. The summed E-state index contributed by atoms with van der Waals surface area (Å²) in [6.07, 6.45) is 1.52. The average Bonchev–Trinajstić information content (AvgIpc) is 2.34. The molecular formula is C6H4FN3O. The van der Waals surface area contributed by atoms with Crippen molar-refractivity contribution in [2.75, 3.05) is 0 Å². The number of hydrogen-bond acceptors (Lipinski definition) is 2. The van der Waals surface area contributed by atoms with Crippen LogP contribution in [0.2, 0.25) is 0 Å². The van der Waals surface area contributed by atoms with Gasteiger partial charge in [-0.3, -0.25) is 9.89 Å². The Kier molecular flexibility index (Phi) is 1.06. The molecule has 11 heavy (non-hydrogen) atoms. The molecule has 0 aliphatic heterocycles. The van der Waals surface area contributed by atoms with Crippen molar-refractivity contribution < 1.29 is 4.39 Å². The van der Waals surface area contributed by atoms with E-state index in [0.29, 0.717) is 0 Å². The third-order valence-corrected chi connectivity index (χ3v) is 1.35. The van der Waals surface area contributed by atoms with Gasteiger partial charge < -0.3 is 0 Å². The van der Waals surface area contributed by atoms with Gasteiger partial charge >= 0.3 is 0 Å². The van der Waals surface area contributed by atoms with Crippen LogP contribution in [0.3, 0.4) is 0 Å². The Balaban J connectivity index is 3.02. The highest BCUT2D eigenvalue weighted by molar-refractivity contribution is 5.34. The summed E-state index contributed by atoms with van der Waals surface area (Å²) >= 11 is 0. The molecule has 4 nitrogen and oxygen atoms in total. The molecule has 0 aliphatic rings. The summed E-state index contributed by atoms with van der Waals surface area (Å²) in [5.74, 6) is -0.755. The molecule has 2 aromatic rings. The van der Waals surface area contributed by atoms with E-state index in [0.717, 1.165) is 10.6 Å². The van der Waals surface area contributed by atoms with Gasteiger partial charge in [0.05, 0.1) is 6.07 Å². The second-order valence-electron chi connectivity index (χ2n) is 2.07. The molecule has 0 aliphatic carbocycles. The summed E-state index contributed by atoms with van der Waals surface area (Å²) in [5.41, 5.74) is -0.160. The third-order valence-electron chi connectivity index (χ3n) is 1.35. The SMILES string of the molecule is O=c1cc(F)nc2cc[nH]n12. The molecular weight excluding hydrogens is 149 g/mol. The maximum absolute atomic E-state index is 12.4. The standard InChI is InChI=1S/C6H4FN3O/c7-4-3-6(11)10-5(9-4)1-2-8-10/h1-3,8H. The van der Waals surface area contributed by atoms with E-state index < -0.39 is 11.5 Å². The first kappa shape index (κ1) is 6.09. The highest BCUT2D eigenvalue weighted by Crippen LogP contribution is 1.93. The van der Waals surface area contributed by atoms with Gasteiger partial charge in [0.15, 0.2) is 5.65 Å². The van der Waals surface area contributed by atoms with E-state index in [4.69, 9.17) is 0 Å². The predicted octanol–water partition coefficient (Wildman–Crippen LogP) is 0.162. The van der Waals surface area contributed by atoms with Gasteiger partial charge in [0.1, 0.15) is 0 Å². The number of hydrogen-bond donors (Lipinski definition) is 1. The summed E-state index contributed by atoms with van der Waals surface area (Å²) in [4.78, 5) is 14.4. The van der Waals surface area contributed by atoms with Crippen LogP contribution in [0.25, 0.3) is 5.65 Å². The summed E-state index contributed by atoms with van der Waals surface area (Å²) in [7, 11) is 0. The molecule has 0 radical (unpaired) electrons. The molecule has 56 valence electrons. The first-order chi connectivity index (χ1) is 5.27. The molecule has 0 bridgehead atoms.